The molecule has 0 saturated carbocycles. The number of benzene rings is 2. The van der Waals surface area contributed by atoms with E-state index < -0.39 is 5.97 Å². The number of Topliss-reactive ketones (excluding diaryl/α,β-unsaturated/α-hetero) is 1. The molecule has 3 rings (SSSR count). The number of hydrogen-bond donors (Lipinski definition) is 0. The first-order valence-corrected chi connectivity index (χ1v) is 9.20. The minimum Gasteiger partial charge on any atom is -0.493 e. The maximum Gasteiger partial charge on any atom is 0.344 e. The van der Waals surface area contributed by atoms with Gasteiger partial charge in [-0.15, -0.1) is 0 Å². The predicted molar refractivity (Wildman–Crippen MR) is 109 cm³/mol. The second-order valence-corrected chi connectivity index (χ2v) is 6.48. The van der Waals surface area contributed by atoms with Gasteiger partial charge in [0.05, 0.1) is 7.11 Å². The van der Waals surface area contributed by atoms with E-state index in [9.17, 15) is 9.59 Å². The van der Waals surface area contributed by atoms with Gasteiger partial charge < -0.3 is 18.8 Å². The molecule has 6 heteroatoms. The average molecular weight is 393 g/mol. The summed E-state index contributed by atoms with van der Waals surface area (Å²) in [5, 5.41) is 0. The Balaban J connectivity index is 1.60. The lowest BCUT2D eigenvalue weighted by molar-refractivity contribution is -0.144. The molecule has 1 heterocycles. The summed E-state index contributed by atoms with van der Waals surface area (Å²) in [6.45, 7) is 3.16. The van der Waals surface area contributed by atoms with Crippen LogP contribution in [0.5, 0.6) is 11.5 Å². The van der Waals surface area contributed by atoms with Gasteiger partial charge in [0.25, 0.3) is 0 Å². The van der Waals surface area contributed by atoms with E-state index >= 15 is 0 Å². The van der Waals surface area contributed by atoms with E-state index in [1.165, 1.54) is 7.11 Å². The number of ether oxygens (including phenoxy) is 3. The summed E-state index contributed by atoms with van der Waals surface area (Å²) < 4.78 is 17.7. The Labute approximate surface area is 169 Å². The SMILES string of the molecule is COc1ccccc1OCC(=O)OCC(=O)c1cc(C)n(-c2ccccc2)c1C. The molecule has 0 unspecified atom stereocenters. The Bertz CT molecular complexity index is 1010. The summed E-state index contributed by atoms with van der Waals surface area (Å²) in [5.74, 6) is 0.0708. The van der Waals surface area contributed by atoms with Gasteiger partial charge in [0.2, 0.25) is 5.78 Å². The fourth-order valence-corrected chi connectivity index (χ4v) is 3.16. The molecule has 1 aromatic heterocycles. The minimum atomic E-state index is -0.624. The second kappa shape index (κ2) is 9.10. The van der Waals surface area contributed by atoms with E-state index in [1.807, 2.05) is 54.8 Å². The lowest BCUT2D eigenvalue weighted by Crippen LogP contribution is -2.20. The van der Waals surface area contributed by atoms with Crippen LogP contribution in [0.1, 0.15) is 21.7 Å². The zero-order valence-electron chi connectivity index (χ0n) is 16.7. The van der Waals surface area contributed by atoms with Gasteiger partial charge in [0.15, 0.2) is 24.7 Å². The van der Waals surface area contributed by atoms with Crippen molar-refractivity contribution in [3.05, 3.63) is 77.6 Å². The molecular formula is C23H23NO5. The number of carbonyl (C=O) groups excluding carboxylic acids is 2. The summed E-state index contributed by atoms with van der Waals surface area (Å²) in [5.41, 5.74) is 3.25. The summed E-state index contributed by atoms with van der Waals surface area (Å²) in [4.78, 5) is 24.6. The van der Waals surface area contributed by atoms with E-state index in [1.54, 1.807) is 24.3 Å². The van der Waals surface area contributed by atoms with Gasteiger partial charge in [-0.05, 0) is 44.2 Å². The van der Waals surface area contributed by atoms with Gasteiger partial charge in [-0.2, -0.15) is 0 Å². The maximum absolute atomic E-state index is 12.6. The van der Waals surface area contributed by atoms with Crippen molar-refractivity contribution in [2.24, 2.45) is 0 Å². The molecule has 3 aromatic rings. The monoisotopic (exact) mass is 393 g/mol. The number of para-hydroxylation sites is 3. The molecule has 0 atom stereocenters. The predicted octanol–water partition coefficient (Wildman–Crippen LogP) is 3.91. The lowest BCUT2D eigenvalue weighted by Gasteiger charge is -2.10. The van der Waals surface area contributed by atoms with Crippen LogP contribution >= 0.6 is 0 Å². The van der Waals surface area contributed by atoms with Crippen LogP contribution in [0.3, 0.4) is 0 Å². The lowest BCUT2D eigenvalue weighted by atomic mass is 10.1. The van der Waals surface area contributed by atoms with Crippen LogP contribution in [0.25, 0.3) is 5.69 Å². The molecule has 6 nitrogen and oxygen atoms in total. The van der Waals surface area contributed by atoms with E-state index in [2.05, 4.69) is 0 Å². The molecule has 0 amide bonds. The third-order valence-corrected chi connectivity index (χ3v) is 4.52. The Kier molecular flexibility index (Phi) is 6.34. The molecule has 0 aliphatic heterocycles. The third kappa shape index (κ3) is 4.66. The van der Waals surface area contributed by atoms with Crippen molar-refractivity contribution >= 4 is 11.8 Å². The Morgan fingerprint density at radius 3 is 2.24 bits per heavy atom. The number of aryl methyl sites for hydroxylation is 1. The number of esters is 1. The molecular weight excluding hydrogens is 370 g/mol. The van der Waals surface area contributed by atoms with Gasteiger partial charge in [0.1, 0.15) is 0 Å². The smallest absolute Gasteiger partial charge is 0.344 e. The molecule has 2 aromatic carbocycles. The van der Waals surface area contributed by atoms with Crippen molar-refractivity contribution in [2.75, 3.05) is 20.3 Å². The van der Waals surface area contributed by atoms with Crippen LogP contribution in [-0.2, 0) is 9.53 Å². The van der Waals surface area contributed by atoms with Gasteiger partial charge >= 0.3 is 5.97 Å². The molecule has 150 valence electrons. The van der Waals surface area contributed by atoms with E-state index in [0.29, 0.717) is 17.1 Å². The standard InChI is InChI=1S/C23H23NO5/c1-16-13-19(17(2)24(16)18-9-5-4-6-10-18)20(25)14-29-23(26)15-28-22-12-8-7-11-21(22)27-3/h4-13H,14-15H2,1-3H3. The normalized spacial score (nSPS) is 10.4. The topological polar surface area (TPSA) is 66.8 Å². The Morgan fingerprint density at radius 1 is 0.897 bits per heavy atom. The Hall–Kier alpha value is -3.54. The minimum absolute atomic E-state index is 0.258. The number of ketones is 1. The van der Waals surface area contributed by atoms with Crippen LogP contribution in [0.15, 0.2) is 60.7 Å². The molecule has 0 radical (unpaired) electrons. The van der Waals surface area contributed by atoms with Crippen molar-refractivity contribution in [2.45, 2.75) is 13.8 Å². The van der Waals surface area contributed by atoms with E-state index in [-0.39, 0.29) is 19.0 Å². The molecule has 0 fully saturated rings. The van der Waals surface area contributed by atoms with Gasteiger partial charge in [-0.3, -0.25) is 4.79 Å². The maximum atomic E-state index is 12.6. The zero-order chi connectivity index (χ0) is 20.8. The molecule has 0 saturated heterocycles. The third-order valence-electron chi connectivity index (χ3n) is 4.52. The molecule has 0 spiro atoms. The number of carbonyl (C=O) groups is 2. The fourth-order valence-electron chi connectivity index (χ4n) is 3.16. The molecule has 0 aliphatic rings. The fraction of sp³-hybridized carbons (Fsp3) is 0.217. The first kappa shape index (κ1) is 20.2. The number of aromatic nitrogens is 1. The highest BCUT2D eigenvalue weighted by Crippen LogP contribution is 2.25. The summed E-state index contributed by atoms with van der Waals surface area (Å²) in [6.07, 6.45) is 0. The zero-order valence-corrected chi connectivity index (χ0v) is 16.7. The van der Waals surface area contributed by atoms with Crippen LogP contribution in [-0.4, -0.2) is 36.6 Å². The highest BCUT2D eigenvalue weighted by Gasteiger charge is 2.18. The van der Waals surface area contributed by atoms with Gasteiger partial charge in [-0.1, -0.05) is 30.3 Å². The van der Waals surface area contributed by atoms with Crippen LogP contribution < -0.4 is 9.47 Å². The van der Waals surface area contributed by atoms with E-state index in [0.717, 1.165) is 17.1 Å². The largest absolute Gasteiger partial charge is 0.493 e. The number of rotatable bonds is 8. The number of hydrogen-bond acceptors (Lipinski definition) is 5. The highest BCUT2D eigenvalue weighted by molar-refractivity contribution is 5.99. The van der Waals surface area contributed by atoms with E-state index in [4.69, 9.17) is 14.2 Å². The van der Waals surface area contributed by atoms with Gasteiger partial charge in [-0.25, -0.2) is 4.79 Å². The molecule has 0 bridgehead atoms. The van der Waals surface area contributed by atoms with Crippen LogP contribution in [0, 0.1) is 13.8 Å². The van der Waals surface area contributed by atoms with Crippen molar-refractivity contribution in [1.82, 2.24) is 4.57 Å². The van der Waals surface area contributed by atoms with Crippen LogP contribution in [0.4, 0.5) is 0 Å². The quantitative estimate of drug-likeness (QED) is 0.429. The van der Waals surface area contributed by atoms with Crippen molar-refractivity contribution < 1.29 is 23.8 Å². The summed E-state index contributed by atoms with van der Waals surface area (Å²) in [6, 6.07) is 18.6. The first-order chi connectivity index (χ1) is 14.0. The molecule has 0 aliphatic carbocycles. The average Bonchev–Trinajstić information content (AvgIpc) is 3.05. The summed E-state index contributed by atoms with van der Waals surface area (Å²) in [7, 11) is 1.52. The number of nitrogens with zero attached hydrogens (tertiary/aromatic N) is 1. The number of methoxy groups -OCH3 is 1. The summed E-state index contributed by atoms with van der Waals surface area (Å²) >= 11 is 0. The van der Waals surface area contributed by atoms with Crippen molar-refractivity contribution in [1.29, 1.82) is 0 Å². The second-order valence-electron chi connectivity index (χ2n) is 6.48. The van der Waals surface area contributed by atoms with Crippen molar-refractivity contribution in [3.63, 3.8) is 0 Å². The van der Waals surface area contributed by atoms with Gasteiger partial charge in [0, 0.05) is 22.6 Å². The molecule has 29 heavy (non-hydrogen) atoms. The first-order valence-electron chi connectivity index (χ1n) is 9.20. The van der Waals surface area contributed by atoms with Crippen LogP contribution in [0.2, 0.25) is 0 Å². The highest BCUT2D eigenvalue weighted by atomic mass is 16.6. The molecule has 0 N–H and O–H groups in total. The Morgan fingerprint density at radius 2 is 1.55 bits per heavy atom. The van der Waals surface area contributed by atoms with Crippen molar-refractivity contribution in [3.8, 4) is 17.2 Å².